The molecular weight excluding hydrogens is 320 g/mol. The maximum absolute atomic E-state index is 5.30. The van der Waals surface area contributed by atoms with E-state index in [4.69, 9.17) is 9.47 Å². The molecule has 0 atom stereocenters. The Kier molecular flexibility index (Phi) is 6.76. The molecule has 0 heterocycles. The molecule has 2 heteroatoms. The van der Waals surface area contributed by atoms with Gasteiger partial charge in [-0.15, -0.1) is 0 Å². The maximum Gasteiger partial charge on any atom is 0.0958 e. The molecule has 0 saturated heterocycles. The van der Waals surface area contributed by atoms with Crippen LogP contribution >= 0.6 is 0 Å². The highest BCUT2D eigenvalue weighted by Gasteiger charge is 2.08. The summed E-state index contributed by atoms with van der Waals surface area (Å²) in [5.41, 5.74) is 5.92. The van der Waals surface area contributed by atoms with E-state index in [1.807, 2.05) is 0 Å². The van der Waals surface area contributed by atoms with Crippen LogP contribution in [0.25, 0.3) is 0 Å². The van der Waals surface area contributed by atoms with Crippen molar-refractivity contribution in [1.82, 2.24) is 0 Å². The van der Waals surface area contributed by atoms with Gasteiger partial charge >= 0.3 is 0 Å². The van der Waals surface area contributed by atoms with Crippen LogP contribution in [0.4, 0.5) is 0 Å². The number of ether oxygens (including phenoxy) is 2. The number of benzene rings is 1. The lowest BCUT2D eigenvalue weighted by Gasteiger charge is -2.14. The average Bonchev–Trinajstić information content (AvgIpc) is 2.72. The summed E-state index contributed by atoms with van der Waals surface area (Å²) in [4.78, 5) is 0. The number of rotatable bonds is 8. The molecule has 2 nitrogen and oxygen atoms in total. The first-order chi connectivity index (χ1) is 12.8. The summed E-state index contributed by atoms with van der Waals surface area (Å²) in [6.45, 7) is 0. The van der Waals surface area contributed by atoms with Crippen molar-refractivity contribution in [1.29, 1.82) is 0 Å². The van der Waals surface area contributed by atoms with E-state index in [2.05, 4.69) is 48.6 Å². The topological polar surface area (TPSA) is 18.5 Å². The highest BCUT2D eigenvalue weighted by atomic mass is 16.5. The molecular formula is C24H30O2. The number of methoxy groups -OCH3 is 2. The first-order valence-electron chi connectivity index (χ1n) is 9.70. The standard InChI is InChI=1S/C24H30O2/c1-25-23-15-11-21(12-16-23)9-7-19-3-5-20(6-4-19)8-10-22-13-17-24(26-2)18-14-22/h3-6,11,13,15,17H,7-10,12,14,16,18H2,1-2H3. The number of hydrogen-bond donors (Lipinski definition) is 0. The van der Waals surface area contributed by atoms with Gasteiger partial charge < -0.3 is 9.47 Å². The van der Waals surface area contributed by atoms with Crippen molar-refractivity contribution in [3.63, 3.8) is 0 Å². The van der Waals surface area contributed by atoms with Crippen LogP contribution in [0.15, 0.2) is 71.2 Å². The van der Waals surface area contributed by atoms with Gasteiger partial charge in [-0.2, -0.15) is 0 Å². The van der Waals surface area contributed by atoms with Gasteiger partial charge in [0.2, 0.25) is 0 Å². The summed E-state index contributed by atoms with van der Waals surface area (Å²) >= 11 is 0. The molecule has 0 N–H and O–H groups in total. The Morgan fingerprint density at radius 2 is 1.00 bits per heavy atom. The van der Waals surface area contributed by atoms with Gasteiger partial charge in [-0.1, -0.05) is 47.6 Å². The van der Waals surface area contributed by atoms with Crippen LogP contribution in [0, 0.1) is 0 Å². The highest BCUT2D eigenvalue weighted by Crippen LogP contribution is 2.24. The van der Waals surface area contributed by atoms with Gasteiger partial charge in [0.25, 0.3) is 0 Å². The lowest BCUT2D eigenvalue weighted by molar-refractivity contribution is 0.275. The van der Waals surface area contributed by atoms with Crippen molar-refractivity contribution in [2.75, 3.05) is 14.2 Å². The fourth-order valence-corrected chi connectivity index (χ4v) is 3.56. The summed E-state index contributed by atoms with van der Waals surface area (Å²) in [6, 6.07) is 9.20. The van der Waals surface area contributed by atoms with Gasteiger partial charge in [-0.3, -0.25) is 0 Å². The molecule has 26 heavy (non-hydrogen) atoms. The van der Waals surface area contributed by atoms with Gasteiger partial charge in [-0.05, 0) is 61.8 Å². The third-order valence-corrected chi connectivity index (χ3v) is 5.41. The van der Waals surface area contributed by atoms with Gasteiger partial charge in [0.05, 0.1) is 25.7 Å². The largest absolute Gasteiger partial charge is 0.501 e. The van der Waals surface area contributed by atoms with Crippen molar-refractivity contribution >= 4 is 0 Å². The predicted molar refractivity (Wildman–Crippen MR) is 108 cm³/mol. The normalized spacial score (nSPS) is 17.0. The van der Waals surface area contributed by atoms with E-state index in [1.165, 1.54) is 22.3 Å². The number of allylic oxidation sites excluding steroid dienone is 8. The molecule has 2 aliphatic carbocycles. The Morgan fingerprint density at radius 1 is 0.577 bits per heavy atom. The fraction of sp³-hybridized carbons (Fsp3) is 0.417. The van der Waals surface area contributed by atoms with Crippen molar-refractivity contribution in [3.8, 4) is 0 Å². The Bertz CT molecular complexity index is 654. The minimum atomic E-state index is 1.04. The zero-order valence-corrected chi connectivity index (χ0v) is 16.1. The Labute approximate surface area is 157 Å². The zero-order chi connectivity index (χ0) is 18.2. The lowest BCUT2D eigenvalue weighted by atomic mass is 9.95. The zero-order valence-electron chi connectivity index (χ0n) is 16.1. The SMILES string of the molecule is COC1=CC=C(CCc2ccc(CCC3=CC=C(OC)CC3)cc2)CC1. The Hall–Kier alpha value is -2.22. The summed E-state index contributed by atoms with van der Waals surface area (Å²) < 4.78 is 10.6. The van der Waals surface area contributed by atoms with Crippen LogP contribution in [-0.2, 0) is 22.3 Å². The number of hydrogen-bond acceptors (Lipinski definition) is 2. The van der Waals surface area contributed by atoms with E-state index < -0.39 is 0 Å². The molecule has 0 amide bonds. The summed E-state index contributed by atoms with van der Waals surface area (Å²) in [7, 11) is 3.51. The molecule has 0 radical (unpaired) electrons. The first-order valence-corrected chi connectivity index (χ1v) is 9.70. The van der Waals surface area contributed by atoms with E-state index in [-0.39, 0.29) is 0 Å². The molecule has 3 rings (SSSR count). The smallest absolute Gasteiger partial charge is 0.0958 e. The van der Waals surface area contributed by atoms with Crippen LogP contribution in [0.2, 0.25) is 0 Å². The summed E-state index contributed by atoms with van der Waals surface area (Å²) in [5, 5.41) is 0. The molecule has 1 aromatic rings. The van der Waals surface area contributed by atoms with Crippen LogP contribution in [0.3, 0.4) is 0 Å². The maximum atomic E-state index is 5.30. The van der Waals surface area contributed by atoms with Gasteiger partial charge in [-0.25, -0.2) is 0 Å². The summed E-state index contributed by atoms with van der Waals surface area (Å²) in [5.74, 6) is 2.19. The molecule has 0 fully saturated rings. The van der Waals surface area contributed by atoms with Crippen LogP contribution < -0.4 is 0 Å². The minimum Gasteiger partial charge on any atom is -0.501 e. The quantitative estimate of drug-likeness (QED) is 0.568. The Morgan fingerprint density at radius 3 is 1.31 bits per heavy atom. The second-order valence-electron chi connectivity index (χ2n) is 7.14. The fourth-order valence-electron chi connectivity index (χ4n) is 3.56. The van der Waals surface area contributed by atoms with Crippen LogP contribution in [0.1, 0.15) is 49.7 Å². The molecule has 0 bridgehead atoms. The van der Waals surface area contributed by atoms with Crippen molar-refractivity contribution in [2.24, 2.45) is 0 Å². The molecule has 1 aromatic carbocycles. The van der Waals surface area contributed by atoms with E-state index in [9.17, 15) is 0 Å². The van der Waals surface area contributed by atoms with Crippen molar-refractivity contribution in [2.45, 2.75) is 51.4 Å². The van der Waals surface area contributed by atoms with Gasteiger partial charge in [0, 0.05) is 12.8 Å². The van der Waals surface area contributed by atoms with Crippen LogP contribution in [-0.4, -0.2) is 14.2 Å². The van der Waals surface area contributed by atoms with Crippen molar-refractivity contribution < 1.29 is 9.47 Å². The van der Waals surface area contributed by atoms with E-state index >= 15 is 0 Å². The first kappa shape index (κ1) is 18.6. The van der Waals surface area contributed by atoms with Gasteiger partial charge in [0.1, 0.15) is 0 Å². The molecule has 138 valence electrons. The van der Waals surface area contributed by atoms with Crippen molar-refractivity contribution in [3.05, 3.63) is 82.4 Å². The Balaban J connectivity index is 1.45. The molecule has 2 aliphatic rings. The predicted octanol–water partition coefficient (Wildman–Crippen LogP) is 6.05. The molecule has 0 aliphatic heterocycles. The summed E-state index contributed by atoms with van der Waals surface area (Å²) in [6.07, 6.45) is 17.6. The molecule has 0 spiro atoms. The average molecular weight is 351 g/mol. The molecule has 0 saturated carbocycles. The number of aryl methyl sites for hydroxylation is 2. The van der Waals surface area contributed by atoms with Gasteiger partial charge in [0.15, 0.2) is 0 Å². The lowest BCUT2D eigenvalue weighted by Crippen LogP contribution is -1.98. The third-order valence-electron chi connectivity index (χ3n) is 5.41. The van der Waals surface area contributed by atoms with Crippen LogP contribution in [0.5, 0.6) is 0 Å². The molecule has 0 aromatic heterocycles. The second kappa shape index (κ2) is 9.47. The highest BCUT2D eigenvalue weighted by molar-refractivity contribution is 5.27. The molecule has 0 unspecified atom stereocenters. The van der Waals surface area contributed by atoms with E-state index in [0.717, 1.165) is 62.9 Å². The minimum absolute atomic E-state index is 1.04. The van der Waals surface area contributed by atoms with E-state index in [1.54, 1.807) is 14.2 Å². The third kappa shape index (κ3) is 5.39. The second-order valence-corrected chi connectivity index (χ2v) is 7.14. The van der Waals surface area contributed by atoms with E-state index in [0.29, 0.717) is 0 Å². The monoisotopic (exact) mass is 350 g/mol.